The fourth-order valence-corrected chi connectivity index (χ4v) is 6.09. The van der Waals surface area contributed by atoms with Crippen LogP contribution in [0.1, 0.15) is 59.3 Å². The van der Waals surface area contributed by atoms with Gasteiger partial charge in [0, 0.05) is 9.46 Å². The van der Waals surface area contributed by atoms with Crippen LogP contribution in [0, 0.1) is 17.8 Å². The third kappa shape index (κ3) is 3.09. The summed E-state index contributed by atoms with van der Waals surface area (Å²) >= 11 is 2.65. The van der Waals surface area contributed by atoms with Crippen molar-refractivity contribution in [2.24, 2.45) is 17.8 Å². The Balaban J connectivity index is 1.74. The third-order valence-electron chi connectivity index (χ3n) is 5.15. The van der Waals surface area contributed by atoms with Gasteiger partial charge in [-0.3, -0.25) is 0 Å². The number of alkyl carbamates (subject to hydrolysis) is 1. The van der Waals surface area contributed by atoms with Gasteiger partial charge in [-0.1, -0.05) is 22.6 Å². The van der Waals surface area contributed by atoms with E-state index in [0.29, 0.717) is 0 Å². The summed E-state index contributed by atoms with van der Waals surface area (Å²) in [6.45, 7) is 5.79. The first-order chi connectivity index (χ1) is 9.25. The van der Waals surface area contributed by atoms with Gasteiger partial charge < -0.3 is 10.1 Å². The van der Waals surface area contributed by atoms with Crippen LogP contribution in [0.3, 0.4) is 0 Å². The van der Waals surface area contributed by atoms with Crippen LogP contribution in [0.15, 0.2) is 0 Å². The van der Waals surface area contributed by atoms with E-state index in [1.54, 1.807) is 0 Å². The molecule has 0 saturated heterocycles. The second-order valence-electron chi connectivity index (χ2n) is 8.23. The SMILES string of the molecule is CC(C)(C)OC(=O)NC12CC3CC(CC(C1)C(I)C3)C2. The zero-order chi connectivity index (χ0) is 14.5. The van der Waals surface area contributed by atoms with Crippen LogP contribution in [0.4, 0.5) is 4.79 Å². The molecule has 3 nitrogen and oxygen atoms in total. The van der Waals surface area contributed by atoms with Gasteiger partial charge >= 0.3 is 6.09 Å². The van der Waals surface area contributed by atoms with Crippen molar-refractivity contribution in [1.82, 2.24) is 5.32 Å². The van der Waals surface area contributed by atoms with E-state index < -0.39 is 5.60 Å². The molecule has 1 amide bonds. The van der Waals surface area contributed by atoms with Crippen molar-refractivity contribution in [3.63, 3.8) is 0 Å². The molecule has 4 aliphatic carbocycles. The maximum atomic E-state index is 12.2. The summed E-state index contributed by atoms with van der Waals surface area (Å²) < 4.78 is 6.29. The zero-order valence-corrected chi connectivity index (χ0v) is 14.9. The molecule has 4 aliphatic rings. The standard InChI is InChI=1S/C16H26INO2/c1-15(2,3)20-14(19)18-16-7-10-4-11(8-16)6-13(17)12(5-10)9-16/h10-13H,4-9H2,1-3H3,(H,18,19). The lowest BCUT2D eigenvalue weighted by atomic mass is 9.63. The lowest BCUT2D eigenvalue weighted by Crippen LogP contribution is -2.56. The number of alkyl halides is 1. The molecule has 5 atom stereocenters. The minimum absolute atomic E-state index is 0.0265. The highest BCUT2D eigenvalue weighted by Crippen LogP contribution is 2.54. The average Bonchev–Trinajstić information content (AvgIpc) is 2.37. The van der Waals surface area contributed by atoms with E-state index in [2.05, 4.69) is 27.9 Å². The van der Waals surface area contributed by atoms with Gasteiger partial charge in [-0.25, -0.2) is 4.79 Å². The smallest absolute Gasteiger partial charge is 0.408 e. The minimum Gasteiger partial charge on any atom is -0.444 e. The molecule has 20 heavy (non-hydrogen) atoms. The Morgan fingerprint density at radius 1 is 1.15 bits per heavy atom. The van der Waals surface area contributed by atoms with Crippen LogP contribution in [-0.4, -0.2) is 21.2 Å². The molecule has 0 aromatic rings. The number of rotatable bonds is 1. The molecule has 4 heteroatoms. The number of carbonyl (C=O) groups is 1. The largest absolute Gasteiger partial charge is 0.444 e. The molecule has 114 valence electrons. The Morgan fingerprint density at radius 3 is 2.45 bits per heavy atom. The molecule has 1 N–H and O–H groups in total. The molecule has 0 spiro atoms. The predicted octanol–water partition coefficient (Wildman–Crippen LogP) is 4.28. The van der Waals surface area contributed by atoms with Gasteiger partial charge in [-0.15, -0.1) is 0 Å². The Hall–Kier alpha value is 0. The second kappa shape index (κ2) is 5.03. The first-order valence-corrected chi connectivity index (χ1v) is 9.14. The molecule has 4 rings (SSSR count). The molecule has 0 radical (unpaired) electrons. The molecule has 0 aliphatic heterocycles. The van der Waals surface area contributed by atoms with E-state index >= 15 is 0 Å². The van der Waals surface area contributed by atoms with Crippen molar-refractivity contribution in [3.8, 4) is 0 Å². The maximum Gasteiger partial charge on any atom is 0.408 e. The number of carbonyl (C=O) groups excluding carboxylic acids is 1. The number of amides is 1. The summed E-state index contributed by atoms with van der Waals surface area (Å²) in [6, 6.07) is 0. The number of ether oxygens (including phenoxy) is 1. The van der Waals surface area contributed by atoms with Crippen LogP contribution < -0.4 is 5.32 Å². The number of fused-ring (bicyclic) bond motifs is 1. The highest BCUT2D eigenvalue weighted by atomic mass is 127. The van der Waals surface area contributed by atoms with Crippen molar-refractivity contribution in [3.05, 3.63) is 0 Å². The molecular weight excluding hydrogens is 365 g/mol. The van der Waals surface area contributed by atoms with Crippen LogP contribution in [0.2, 0.25) is 0 Å². The number of halogens is 1. The van der Waals surface area contributed by atoms with Gasteiger partial charge in [-0.05, 0) is 77.0 Å². The topological polar surface area (TPSA) is 38.3 Å². The van der Waals surface area contributed by atoms with Crippen LogP contribution in [-0.2, 0) is 4.74 Å². The van der Waals surface area contributed by atoms with E-state index in [1.807, 2.05) is 20.8 Å². The van der Waals surface area contributed by atoms with Gasteiger partial charge in [0.15, 0.2) is 0 Å². The number of hydrogen-bond acceptors (Lipinski definition) is 2. The van der Waals surface area contributed by atoms with E-state index in [-0.39, 0.29) is 11.6 Å². The van der Waals surface area contributed by atoms with Crippen LogP contribution >= 0.6 is 22.6 Å². The Morgan fingerprint density at radius 2 is 1.80 bits per heavy atom. The summed E-state index contributed by atoms with van der Waals surface area (Å²) in [6.07, 6.45) is 7.38. The minimum atomic E-state index is -0.408. The normalized spacial score (nSPS) is 43.2. The van der Waals surface area contributed by atoms with Crippen LogP contribution in [0.5, 0.6) is 0 Å². The van der Waals surface area contributed by atoms with Crippen molar-refractivity contribution >= 4 is 28.7 Å². The Bertz CT molecular complexity index is 406. The second-order valence-corrected chi connectivity index (χ2v) is 9.83. The molecular formula is C16H26INO2. The van der Waals surface area contributed by atoms with Gasteiger partial charge in [0.05, 0.1) is 0 Å². The summed E-state index contributed by atoms with van der Waals surface area (Å²) in [4.78, 5) is 12.2. The zero-order valence-electron chi connectivity index (χ0n) is 12.7. The van der Waals surface area contributed by atoms with E-state index in [1.165, 1.54) is 32.1 Å². The molecule has 5 unspecified atom stereocenters. The average molecular weight is 391 g/mol. The quantitative estimate of drug-likeness (QED) is 0.535. The van der Waals surface area contributed by atoms with E-state index in [4.69, 9.17) is 4.74 Å². The van der Waals surface area contributed by atoms with E-state index in [9.17, 15) is 4.79 Å². The van der Waals surface area contributed by atoms with Crippen molar-refractivity contribution in [1.29, 1.82) is 0 Å². The Labute approximate surface area is 135 Å². The molecule has 4 bridgehead atoms. The lowest BCUT2D eigenvalue weighted by molar-refractivity contribution is 0.0249. The van der Waals surface area contributed by atoms with Crippen molar-refractivity contribution in [2.75, 3.05) is 0 Å². The summed E-state index contributed by atoms with van der Waals surface area (Å²) in [7, 11) is 0. The van der Waals surface area contributed by atoms with Crippen molar-refractivity contribution in [2.45, 2.75) is 74.4 Å². The fourth-order valence-electron chi connectivity index (χ4n) is 4.83. The molecule has 0 heterocycles. The monoisotopic (exact) mass is 391 g/mol. The number of hydrogen-bond donors (Lipinski definition) is 1. The lowest BCUT2D eigenvalue weighted by Gasteiger charge is -2.48. The number of nitrogens with one attached hydrogen (secondary N) is 1. The summed E-state index contributed by atoms with van der Waals surface area (Å²) in [5.41, 5.74) is -0.382. The fraction of sp³-hybridized carbons (Fsp3) is 0.938. The third-order valence-corrected chi connectivity index (χ3v) is 6.68. The highest BCUT2D eigenvalue weighted by Gasteiger charge is 2.51. The molecule has 0 aromatic carbocycles. The van der Waals surface area contributed by atoms with Gasteiger partial charge in [-0.2, -0.15) is 0 Å². The van der Waals surface area contributed by atoms with Crippen molar-refractivity contribution < 1.29 is 9.53 Å². The summed E-state index contributed by atoms with van der Waals surface area (Å²) in [5.74, 6) is 2.41. The van der Waals surface area contributed by atoms with Gasteiger partial charge in [0.25, 0.3) is 0 Å². The molecule has 0 aromatic heterocycles. The van der Waals surface area contributed by atoms with Crippen LogP contribution in [0.25, 0.3) is 0 Å². The summed E-state index contributed by atoms with van der Waals surface area (Å²) in [5, 5.41) is 3.28. The van der Waals surface area contributed by atoms with Gasteiger partial charge in [0.1, 0.15) is 5.60 Å². The predicted molar refractivity (Wildman–Crippen MR) is 88.1 cm³/mol. The van der Waals surface area contributed by atoms with E-state index in [0.717, 1.165) is 28.1 Å². The molecule has 4 fully saturated rings. The molecule has 4 saturated carbocycles. The Kier molecular flexibility index (Phi) is 3.75. The maximum absolute atomic E-state index is 12.2. The highest BCUT2D eigenvalue weighted by molar-refractivity contribution is 14.1. The first-order valence-electron chi connectivity index (χ1n) is 7.90. The first kappa shape index (κ1) is 14.9. The van der Waals surface area contributed by atoms with Gasteiger partial charge in [0.2, 0.25) is 0 Å².